The normalized spacial score (nSPS) is 22.1. The summed E-state index contributed by atoms with van der Waals surface area (Å²) in [5, 5.41) is 4.06. The lowest BCUT2D eigenvalue weighted by atomic mass is 10.1. The average molecular weight is 327 g/mol. The Hall–Kier alpha value is -2.41. The van der Waals surface area contributed by atoms with E-state index < -0.39 is 0 Å². The Bertz CT molecular complexity index is 846. The van der Waals surface area contributed by atoms with Gasteiger partial charge in [-0.3, -0.25) is 4.98 Å². The molecule has 0 radical (unpaired) electrons. The highest BCUT2D eigenvalue weighted by atomic mass is 32.1. The Balaban J connectivity index is 1.37. The second kappa shape index (κ2) is 5.06. The van der Waals surface area contributed by atoms with Crippen LogP contribution in [-0.2, 0) is 0 Å². The molecule has 2 unspecified atom stereocenters. The Morgan fingerprint density at radius 1 is 1.09 bits per heavy atom. The van der Waals surface area contributed by atoms with Gasteiger partial charge in [0.15, 0.2) is 11.5 Å². The monoisotopic (exact) mass is 327 g/mol. The smallest absolute Gasteiger partial charge is 0.230 e. The van der Waals surface area contributed by atoms with Crippen molar-refractivity contribution in [1.82, 2.24) is 15.1 Å². The molecular weight excluding hydrogens is 314 g/mol. The van der Waals surface area contributed by atoms with Gasteiger partial charge in [-0.25, -0.2) is 0 Å². The van der Waals surface area contributed by atoms with E-state index in [0.29, 0.717) is 30.8 Å². The maximum absolute atomic E-state index is 5.65. The molecule has 1 aromatic carbocycles. The van der Waals surface area contributed by atoms with Crippen LogP contribution in [0.25, 0.3) is 10.7 Å². The molecule has 23 heavy (non-hydrogen) atoms. The van der Waals surface area contributed by atoms with Gasteiger partial charge in [0.25, 0.3) is 0 Å². The first kappa shape index (κ1) is 13.1. The van der Waals surface area contributed by atoms with E-state index in [9.17, 15) is 0 Å². The third-order valence-electron chi connectivity index (χ3n) is 4.20. The van der Waals surface area contributed by atoms with E-state index in [-0.39, 0.29) is 5.92 Å². The third-order valence-corrected chi connectivity index (χ3v) is 4.97. The molecule has 5 rings (SSSR count). The average Bonchev–Trinajstić information content (AvgIpc) is 3.02. The fourth-order valence-electron chi connectivity index (χ4n) is 2.94. The van der Waals surface area contributed by atoms with Gasteiger partial charge in [-0.2, -0.15) is 4.98 Å². The molecule has 1 fully saturated rings. The molecule has 0 amide bonds. The minimum Gasteiger partial charge on any atom is -0.486 e. The molecule has 1 saturated carbocycles. The quantitative estimate of drug-likeness (QED) is 0.735. The summed E-state index contributed by atoms with van der Waals surface area (Å²) in [5.41, 5.74) is 3.00. The van der Waals surface area contributed by atoms with Crippen LogP contribution in [0.5, 0.6) is 11.5 Å². The van der Waals surface area contributed by atoms with Crippen LogP contribution in [0.4, 0.5) is 0 Å². The molecule has 0 bridgehead atoms. The molecule has 2 atom stereocenters. The Morgan fingerprint density at radius 3 is 2.87 bits per heavy atom. The number of aromatic nitrogens is 3. The second-order valence-corrected chi connectivity index (χ2v) is 6.56. The van der Waals surface area contributed by atoms with Gasteiger partial charge < -0.3 is 14.0 Å². The molecular formula is C16H13N3O3S. The van der Waals surface area contributed by atoms with Crippen molar-refractivity contribution in [2.45, 2.75) is 18.3 Å². The fraction of sp³-hybridized carbons (Fsp3) is 0.312. The summed E-state index contributed by atoms with van der Waals surface area (Å²) >= 11 is 1.51. The van der Waals surface area contributed by atoms with Crippen LogP contribution in [0.3, 0.4) is 0 Å². The summed E-state index contributed by atoms with van der Waals surface area (Å²) in [4.78, 5) is 9.48. The van der Waals surface area contributed by atoms with Crippen LogP contribution in [0, 0.1) is 0 Å². The van der Waals surface area contributed by atoms with Gasteiger partial charge in [0.1, 0.15) is 13.2 Å². The highest BCUT2D eigenvalue weighted by Gasteiger charge is 2.44. The van der Waals surface area contributed by atoms with E-state index in [1.54, 1.807) is 11.7 Å². The highest BCUT2D eigenvalue weighted by molar-refractivity contribution is 7.13. The lowest BCUT2D eigenvalue weighted by Gasteiger charge is -2.18. The van der Waals surface area contributed by atoms with Crippen LogP contribution < -0.4 is 9.47 Å². The number of hydrogen-bond acceptors (Lipinski definition) is 7. The number of rotatable bonds is 3. The van der Waals surface area contributed by atoms with Crippen molar-refractivity contribution in [3.05, 3.63) is 41.4 Å². The van der Waals surface area contributed by atoms with Crippen LogP contribution >= 0.6 is 11.3 Å². The van der Waals surface area contributed by atoms with Gasteiger partial charge in [-0.1, -0.05) is 11.2 Å². The number of fused-ring (bicyclic) bond motifs is 1. The van der Waals surface area contributed by atoms with Gasteiger partial charge in [0, 0.05) is 12.1 Å². The Morgan fingerprint density at radius 2 is 2.00 bits per heavy atom. The zero-order valence-corrected chi connectivity index (χ0v) is 13.0. The summed E-state index contributed by atoms with van der Waals surface area (Å²) in [6.07, 6.45) is 2.77. The lowest BCUT2D eigenvalue weighted by Crippen LogP contribution is -2.15. The maximum atomic E-state index is 5.65. The van der Waals surface area contributed by atoms with Gasteiger partial charge in [-0.15, -0.1) is 11.3 Å². The fourth-order valence-corrected chi connectivity index (χ4v) is 3.48. The molecule has 7 heteroatoms. The first-order valence-electron chi connectivity index (χ1n) is 7.50. The van der Waals surface area contributed by atoms with Crippen molar-refractivity contribution >= 4 is 11.3 Å². The molecule has 0 N–H and O–H groups in total. The molecule has 3 aromatic rings. The minimum absolute atomic E-state index is 0.284. The SMILES string of the molecule is c1ncc(-c2noc(C3CC3c3ccc4c(c3)OCCO4)n2)s1. The zero-order valence-electron chi connectivity index (χ0n) is 12.1. The van der Waals surface area contributed by atoms with Gasteiger partial charge in [0.2, 0.25) is 11.7 Å². The summed E-state index contributed by atoms with van der Waals surface area (Å²) < 4.78 is 16.7. The first-order valence-corrected chi connectivity index (χ1v) is 8.38. The molecule has 3 heterocycles. The molecule has 6 nitrogen and oxygen atoms in total. The predicted molar refractivity (Wildman–Crippen MR) is 82.9 cm³/mol. The van der Waals surface area contributed by atoms with E-state index in [1.807, 2.05) is 6.07 Å². The van der Waals surface area contributed by atoms with Crippen molar-refractivity contribution in [3.8, 4) is 22.2 Å². The van der Waals surface area contributed by atoms with E-state index in [0.717, 1.165) is 22.8 Å². The molecule has 1 aliphatic heterocycles. The number of nitrogens with zero attached hydrogens (tertiary/aromatic N) is 3. The van der Waals surface area contributed by atoms with Gasteiger partial charge >= 0.3 is 0 Å². The van der Waals surface area contributed by atoms with Gasteiger partial charge in [0.05, 0.1) is 10.4 Å². The van der Waals surface area contributed by atoms with E-state index in [1.165, 1.54) is 16.9 Å². The molecule has 0 spiro atoms. The first-order chi connectivity index (χ1) is 11.4. The van der Waals surface area contributed by atoms with Gasteiger partial charge in [-0.05, 0) is 30.0 Å². The van der Waals surface area contributed by atoms with Crippen molar-refractivity contribution in [2.24, 2.45) is 0 Å². The standard InChI is InChI=1S/C16H13N3O3S/c1-2-12-13(21-4-3-20-12)5-9(1)10-6-11(10)16-18-15(19-22-16)14-7-17-8-23-14/h1-2,5,7-8,10-11H,3-4,6H2. The minimum atomic E-state index is 0.284. The van der Waals surface area contributed by atoms with Crippen molar-refractivity contribution in [2.75, 3.05) is 13.2 Å². The largest absolute Gasteiger partial charge is 0.486 e. The Labute approximate surface area is 136 Å². The number of thiazole rings is 1. The molecule has 0 saturated heterocycles. The van der Waals surface area contributed by atoms with Crippen molar-refractivity contribution < 1.29 is 14.0 Å². The summed E-state index contributed by atoms with van der Waals surface area (Å²) in [6.45, 7) is 1.22. The van der Waals surface area contributed by atoms with Crippen LogP contribution in [-0.4, -0.2) is 28.3 Å². The van der Waals surface area contributed by atoms with E-state index in [4.69, 9.17) is 14.0 Å². The number of ether oxygens (including phenoxy) is 2. The van der Waals surface area contributed by atoms with E-state index in [2.05, 4.69) is 27.3 Å². The van der Waals surface area contributed by atoms with Crippen LogP contribution in [0.15, 0.2) is 34.4 Å². The van der Waals surface area contributed by atoms with Crippen LogP contribution in [0.1, 0.15) is 29.7 Å². The lowest BCUT2D eigenvalue weighted by molar-refractivity contribution is 0.171. The topological polar surface area (TPSA) is 70.3 Å². The third kappa shape index (κ3) is 2.28. The molecule has 1 aliphatic carbocycles. The highest BCUT2D eigenvalue weighted by Crippen LogP contribution is 2.55. The predicted octanol–water partition coefficient (Wildman–Crippen LogP) is 3.24. The van der Waals surface area contributed by atoms with Crippen molar-refractivity contribution in [3.63, 3.8) is 0 Å². The summed E-state index contributed by atoms with van der Waals surface area (Å²) in [5.74, 6) is 3.66. The number of benzene rings is 1. The Kier molecular flexibility index (Phi) is 2.87. The number of hydrogen-bond donors (Lipinski definition) is 0. The van der Waals surface area contributed by atoms with Crippen LogP contribution in [0.2, 0.25) is 0 Å². The molecule has 2 aromatic heterocycles. The summed E-state index contributed by atoms with van der Waals surface area (Å²) in [7, 11) is 0. The maximum Gasteiger partial charge on any atom is 0.230 e. The molecule has 116 valence electrons. The van der Waals surface area contributed by atoms with Crippen molar-refractivity contribution in [1.29, 1.82) is 0 Å². The second-order valence-electron chi connectivity index (χ2n) is 5.67. The van der Waals surface area contributed by atoms with E-state index >= 15 is 0 Å². The summed E-state index contributed by atoms with van der Waals surface area (Å²) in [6, 6.07) is 6.15. The zero-order chi connectivity index (χ0) is 15.2. The molecule has 2 aliphatic rings.